The van der Waals surface area contributed by atoms with Crippen LogP contribution in [0, 0.1) is 0 Å². The summed E-state index contributed by atoms with van der Waals surface area (Å²) in [6.45, 7) is 1.45. The number of carboxylic acids is 1. The monoisotopic (exact) mass is 281 g/mol. The largest absolute Gasteiger partial charge is 0.478 e. The van der Waals surface area contributed by atoms with Crippen LogP contribution in [0.5, 0.6) is 0 Å². The van der Waals surface area contributed by atoms with Crippen molar-refractivity contribution < 1.29 is 14.6 Å². The van der Waals surface area contributed by atoms with Gasteiger partial charge in [0.2, 0.25) is 0 Å². The van der Waals surface area contributed by atoms with Crippen LogP contribution in [0.25, 0.3) is 21.8 Å². The molecule has 106 valence electrons. The van der Waals surface area contributed by atoms with Gasteiger partial charge in [0.15, 0.2) is 0 Å². The van der Waals surface area contributed by atoms with E-state index in [-0.39, 0.29) is 6.04 Å². The number of nitrogens with zero attached hydrogens (tertiary/aromatic N) is 1. The fourth-order valence-corrected chi connectivity index (χ4v) is 3.25. The summed E-state index contributed by atoms with van der Waals surface area (Å²) in [4.78, 5) is 11.3. The maximum atomic E-state index is 11.3. The Bertz CT molecular complexity index is 844. The first-order chi connectivity index (χ1) is 10.3. The standard InChI is InChI=1S/C17H15NO3/c19-17(20)11-5-6-14-13-3-1-2-4-15(13)18(16(14)9-11)12-7-8-21-10-12/h1-6,9,12H,7-8,10H2,(H,19,20)/t12-/m0/s1. The lowest BCUT2D eigenvalue weighted by atomic mass is 10.1. The van der Waals surface area contributed by atoms with E-state index < -0.39 is 5.97 Å². The molecule has 2 aromatic carbocycles. The lowest BCUT2D eigenvalue weighted by Crippen LogP contribution is -2.08. The normalized spacial score (nSPS) is 18.6. The molecule has 0 spiro atoms. The quantitative estimate of drug-likeness (QED) is 0.782. The summed E-state index contributed by atoms with van der Waals surface area (Å²) >= 11 is 0. The second-order valence-corrected chi connectivity index (χ2v) is 5.44. The Labute approximate surface area is 121 Å². The third kappa shape index (κ3) is 1.83. The number of ether oxygens (including phenoxy) is 1. The van der Waals surface area contributed by atoms with Gasteiger partial charge in [0.25, 0.3) is 0 Å². The summed E-state index contributed by atoms with van der Waals surface area (Å²) in [6.07, 6.45) is 0.963. The van der Waals surface area contributed by atoms with Gasteiger partial charge in [-0.1, -0.05) is 24.3 Å². The SMILES string of the molecule is O=C(O)c1ccc2c3ccccc3n([C@H]3CCOC3)c2c1. The molecule has 0 saturated carbocycles. The van der Waals surface area contributed by atoms with E-state index >= 15 is 0 Å². The van der Waals surface area contributed by atoms with Crippen LogP contribution in [0.3, 0.4) is 0 Å². The first-order valence-electron chi connectivity index (χ1n) is 7.09. The number of carbonyl (C=O) groups is 1. The van der Waals surface area contributed by atoms with Crippen LogP contribution in [-0.4, -0.2) is 28.9 Å². The van der Waals surface area contributed by atoms with Crippen molar-refractivity contribution in [2.45, 2.75) is 12.5 Å². The molecule has 4 heteroatoms. The highest BCUT2D eigenvalue weighted by atomic mass is 16.5. The predicted octanol–water partition coefficient (Wildman–Crippen LogP) is 3.45. The molecule has 0 unspecified atom stereocenters. The van der Waals surface area contributed by atoms with Gasteiger partial charge in [0.05, 0.1) is 23.7 Å². The highest BCUT2D eigenvalue weighted by Crippen LogP contribution is 2.34. The van der Waals surface area contributed by atoms with Crippen molar-refractivity contribution in [2.75, 3.05) is 13.2 Å². The maximum Gasteiger partial charge on any atom is 0.335 e. The van der Waals surface area contributed by atoms with E-state index in [9.17, 15) is 9.90 Å². The van der Waals surface area contributed by atoms with Gasteiger partial charge in [0, 0.05) is 22.9 Å². The van der Waals surface area contributed by atoms with Crippen LogP contribution in [-0.2, 0) is 4.74 Å². The minimum Gasteiger partial charge on any atom is -0.478 e. The second kappa shape index (κ2) is 4.60. The van der Waals surface area contributed by atoms with Crippen LogP contribution in [0.1, 0.15) is 22.8 Å². The Morgan fingerprint density at radius 1 is 1.14 bits per heavy atom. The Balaban J connectivity index is 2.09. The number of rotatable bonds is 2. The van der Waals surface area contributed by atoms with Gasteiger partial charge in [-0.25, -0.2) is 4.79 Å². The summed E-state index contributed by atoms with van der Waals surface area (Å²) in [5.74, 6) is -0.892. The van der Waals surface area contributed by atoms with E-state index in [1.165, 1.54) is 0 Å². The molecule has 2 heterocycles. The lowest BCUT2D eigenvalue weighted by molar-refractivity contribution is 0.0697. The molecular formula is C17H15NO3. The van der Waals surface area contributed by atoms with E-state index in [0.29, 0.717) is 12.2 Å². The first-order valence-corrected chi connectivity index (χ1v) is 7.09. The number of hydrogen-bond acceptors (Lipinski definition) is 2. The molecule has 4 nitrogen and oxygen atoms in total. The summed E-state index contributed by atoms with van der Waals surface area (Å²) in [5.41, 5.74) is 2.45. The molecule has 1 aliphatic rings. The molecule has 1 fully saturated rings. The van der Waals surface area contributed by atoms with Crippen molar-refractivity contribution in [2.24, 2.45) is 0 Å². The number of benzene rings is 2. The van der Waals surface area contributed by atoms with E-state index in [2.05, 4.69) is 16.7 Å². The molecule has 1 atom stereocenters. The molecular weight excluding hydrogens is 266 g/mol. The Morgan fingerprint density at radius 3 is 2.71 bits per heavy atom. The fourth-order valence-electron chi connectivity index (χ4n) is 3.25. The van der Waals surface area contributed by atoms with Crippen molar-refractivity contribution in [1.82, 2.24) is 4.57 Å². The van der Waals surface area contributed by atoms with Gasteiger partial charge in [-0.3, -0.25) is 0 Å². The van der Waals surface area contributed by atoms with Gasteiger partial charge >= 0.3 is 5.97 Å². The molecule has 1 aromatic heterocycles. The van der Waals surface area contributed by atoms with E-state index in [4.69, 9.17) is 4.74 Å². The average Bonchev–Trinajstić information content (AvgIpc) is 3.11. The highest BCUT2D eigenvalue weighted by Gasteiger charge is 2.22. The number of aromatic nitrogens is 1. The predicted molar refractivity (Wildman–Crippen MR) is 80.9 cm³/mol. The van der Waals surface area contributed by atoms with Crippen molar-refractivity contribution in [3.63, 3.8) is 0 Å². The molecule has 0 aliphatic carbocycles. The van der Waals surface area contributed by atoms with Gasteiger partial charge < -0.3 is 14.4 Å². The maximum absolute atomic E-state index is 11.3. The van der Waals surface area contributed by atoms with E-state index in [0.717, 1.165) is 34.8 Å². The van der Waals surface area contributed by atoms with Crippen LogP contribution < -0.4 is 0 Å². The lowest BCUT2D eigenvalue weighted by Gasteiger charge is -2.14. The fraction of sp³-hybridized carbons (Fsp3) is 0.235. The molecule has 1 saturated heterocycles. The van der Waals surface area contributed by atoms with Crippen LogP contribution in [0.4, 0.5) is 0 Å². The van der Waals surface area contributed by atoms with Gasteiger partial charge in [-0.05, 0) is 24.6 Å². The molecule has 4 rings (SSSR count). The zero-order valence-electron chi connectivity index (χ0n) is 11.5. The number of carboxylic acid groups (broad SMARTS) is 1. The summed E-state index contributed by atoms with van der Waals surface area (Å²) in [7, 11) is 0. The van der Waals surface area contributed by atoms with Crippen molar-refractivity contribution in [3.8, 4) is 0 Å². The van der Waals surface area contributed by atoms with Crippen LogP contribution in [0.2, 0.25) is 0 Å². The average molecular weight is 281 g/mol. The number of aromatic carboxylic acids is 1. The molecule has 1 aliphatic heterocycles. The molecule has 0 bridgehead atoms. The van der Waals surface area contributed by atoms with Crippen molar-refractivity contribution >= 4 is 27.8 Å². The third-order valence-corrected chi connectivity index (χ3v) is 4.23. The van der Waals surface area contributed by atoms with Gasteiger partial charge in [-0.15, -0.1) is 0 Å². The number of hydrogen-bond donors (Lipinski definition) is 1. The smallest absolute Gasteiger partial charge is 0.335 e. The highest BCUT2D eigenvalue weighted by molar-refractivity contribution is 6.09. The van der Waals surface area contributed by atoms with E-state index in [1.54, 1.807) is 12.1 Å². The molecule has 0 radical (unpaired) electrons. The Morgan fingerprint density at radius 2 is 1.95 bits per heavy atom. The number of fused-ring (bicyclic) bond motifs is 3. The summed E-state index contributed by atoms with van der Waals surface area (Å²) in [6, 6.07) is 13.8. The summed E-state index contributed by atoms with van der Waals surface area (Å²) in [5, 5.41) is 11.5. The Hall–Kier alpha value is -2.33. The van der Waals surface area contributed by atoms with Crippen LogP contribution in [0.15, 0.2) is 42.5 Å². The van der Waals surface area contributed by atoms with E-state index in [1.807, 2.05) is 18.2 Å². The minimum absolute atomic E-state index is 0.274. The third-order valence-electron chi connectivity index (χ3n) is 4.23. The Kier molecular flexibility index (Phi) is 2.72. The topological polar surface area (TPSA) is 51.5 Å². The van der Waals surface area contributed by atoms with Crippen molar-refractivity contribution in [3.05, 3.63) is 48.0 Å². The second-order valence-electron chi connectivity index (χ2n) is 5.44. The molecule has 21 heavy (non-hydrogen) atoms. The zero-order valence-corrected chi connectivity index (χ0v) is 11.5. The van der Waals surface area contributed by atoms with Gasteiger partial charge in [0.1, 0.15) is 0 Å². The minimum atomic E-state index is -0.892. The van der Waals surface area contributed by atoms with Crippen LogP contribution >= 0.6 is 0 Å². The summed E-state index contributed by atoms with van der Waals surface area (Å²) < 4.78 is 7.76. The first kappa shape index (κ1) is 12.4. The number of para-hydroxylation sites is 1. The molecule has 0 amide bonds. The zero-order chi connectivity index (χ0) is 14.4. The van der Waals surface area contributed by atoms with Gasteiger partial charge in [-0.2, -0.15) is 0 Å². The van der Waals surface area contributed by atoms with Crippen molar-refractivity contribution in [1.29, 1.82) is 0 Å². The molecule has 3 aromatic rings. The molecule has 1 N–H and O–H groups in total.